The molecule has 0 fully saturated rings. The number of thiophene rings is 1. The standard InChI is InChI=1S/C18H16N4O2S/c1-18(2)16(23)15(12-8-11(9-19)5-6-13(12)24-18)22-17(21-10-20)14-4-3-7-25-14/h3-8,15-16,23H,1-2H3,(H,21,22)/t15-,16+/m1/s1. The van der Waals surface area contributed by atoms with Crippen LogP contribution in [0.4, 0.5) is 0 Å². The first-order chi connectivity index (χ1) is 12.0. The minimum atomic E-state index is -0.905. The molecule has 0 bridgehead atoms. The molecule has 1 aromatic heterocycles. The van der Waals surface area contributed by atoms with Gasteiger partial charge in [0.15, 0.2) is 5.84 Å². The van der Waals surface area contributed by atoms with Gasteiger partial charge < -0.3 is 15.2 Å². The molecular weight excluding hydrogens is 336 g/mol. The third kappa shape index (κ3) is 3.20. The van der Waals surface area contributed by atoms with Crippen LogP contribution in [-0.2, 0) is 0 Å². The predicted octanol–water partition coefficient (Wildman–Crippen LogP) is 2.71. The van der Waals surface area contributed by atoms with Gasteiger partial charge in [0.1, 0.15) is 17.5 Å². The van der Waals surface area contributed by atoms with Gasteiger partial charge in [-0.3, -0.25) is 0 Å². The van der Waals surface area contributed by atoms with E-state index < -0.39 is 17.7 Å². The van der Waals surface area contributed by atoms with Gasteiger partial charge in [0, 0.05) is 5.56 Å². The molecular formula is C18H16N4O2S. The Morgan fingerprint density at radius 1 is 1.36 bits per heavy atom. The summed E-state index contributed by atoms with van der Waals surface area (Å²) in [7, 11) is 0. The largest absolute Gasteiger partial charge is 0.485 e. The quantitative estimate of drug-likeness (QED) is 0.491. The summed E-state index contributed by atoms with van der Waals surface area (Å²) in [5.41, 5.74) is 0.287. The summed E-state index contributed by atoms with van der Waals surface area (Å²) < 4.78 is 5.89. The van der Waals surface area contributed by atoms with E-state index in [4.69, 9.17) is 10.00 Å². The van der Waals surface area contributed by atoms with E-state index in [1.54, 1.807) is 38.2 Å². The number of ether oxygens (including phenoxy) is 1. The number of fused-ring (bicyclic) bond motifs is 1. The summed E-state index contributed by atoms with van der Waals surface area (Å²) in [6.45, 7) is 3.58. The maximum Gasteiger partial charge on any atom is 0.207 e. The topological polar surface area (TPSA) is 101 Å². The smallest absolute Gasteiger partial charge is 0.207 e. The zero-order valence-corrected chi connectivity index (χ0v) is 14.5. The highest BCUT2D eigenvalue weighted by molar-refractivity contribution is 7.12. The van der Waals surface area contributed by atoms with E-state index in [0.717, 1.165) is 4.88 Å². The predicted molar refractivity (Wildman–Crippen MR) is 94.2 cm³/mol. The fraction of sp³-hybridized carbons (Fsp3) is 0.278. The minimum absolute atomic E-state index is 0.382. The molecule has 0 radical (unpaired) electrons. The van der Waals surface area contributed by atoms with Crippen LogP contribution in [0, 0.1) is 22.8 Å². The van der Waals surface area contributed by atoms with E-state index in [0.29, 0.717) is 22.7 Å². The fourth-order valence-corrected chi connectivity index (χ4v) is 3.47. The number of aliphatic hydroxyl groups excluding tert-OH is 1. The number of benzene rings is 1. The molecule has 0 unspecified atom stereocenters. The SMILES string of the molecule is CC1(C)Oc2ccc(C#N)cc2[C@@H](NC(=NC#N)c2cccs2)[C@@H]1O. The Morgan fingerprint density at radius 2 is 2.16 bits per heavy atom. The zero-order chi connectivity index (χ0) is 18.0. The van der Waals surface area contributed by atoms with Crippen molar-refractivity contribution in [2.45, 2.75) is 31.6 Å². The molecule has 2 heterocycles. The van der Waals surface area contributed by atoms with Crippen molar-refractivity contribution in [3.05, 3.63) is 51.7 Å². The van der Waals surface area contributed by atoms with E-state index in [-0.39, 0.29) is 0 Å². The molecule has 25 heavy (non-hydrogen) atoms. The third-order valence-electron chi connectivity index (χ3n) is 4.08. The van der Waals surface area contributed by atoms with E-state index in [1.807, 2.05) is 17.5 Å². The van der Waals surface area contributed by atoms with Crippen molar-refractivity contribution in [1.29, 1.82) is 10.5 Å². The lowest BCUT2D eigenvalue weighted by Gasteiger charge is -2.42. The number of nitrogens with zero attached hydrogens (tertiary/aromatic N) is 3. The van der Waals surface area contributed by atoms with Gasteiger partial charge in [0.25, 0.3) is 0 Å². The molecule has 0 aliphatic carbocycles. The molecule has 2 N–H and O–H groups in total. The van der Waals surface area contributed by atoms with E-state index in [2.05, 4.69) is 16.4 Å². The van der Waals surface area contributed by atoms with Crippen LogP contribution in [0.5, 0.6) is 5.75 Å². The molecule has 7 heteroatoms. The van der Waals surface area contributed by atoms with Crippen LogP contribution in [0.2, 0.25) is 0 Å². The lowest BCUT2D eigenvalue weighted by Crippen LogP contribution is -2.53. The van der Waals surface area contributed by atoms with Crippen molar-refractivity contribution in [2.75, 3.05) is 0 Å². The Balaban J connectivity index is 2.06. The lowest BCUT2D eigenvalue weighted by atomic mass is 9.86. The summed E-state index contributed by atoms with van der Waals surface area (Å²) >= 11 is 1.44. The Hall–Kier alpha value is -2.87. The molecule has 1 aliphatic rings. The van der Waals surface area contributed by atoms with E-state index in [9.17, 15) is 10.4 Å². The van der Waals surface area contributed by atoms with Crippen LogP contribution in [-0.4, -0.2) is 22.6 Å². The Bertz CT molecular complexity index is 891. The molecule has 0 amide bonds. The van der Waals surface area contributed by atoms with Crippen molar-refractivity contribution in [3.8, 4) is 18.0 Å². The van der Waals surface area contributed by atoms with Crippen molar-refractivity contribution in [3.63, 3.8) is 0 Å². The molecule has 3 rings (SSSR count). The average molecular weight is 352 g/mol. The zero-order valence-electron chi connectivity index (χ0n) is 13.7. The molecule has 0 saturated carbocycles. The minimum Gasteiger partial charge on any atom is -0.485 e. The van der Waals surface area contributed by atoms with Crippen molar-refractivity contribution in [2.24, 2.45) is 4.99 Å². The lowest BCUT2D eigenvalue weighted by molar-refractivity contribution is -0.0610. The van der Waals surface area contributed by atoms with Gasteiger partial charge in [0.2, 0.25) is 6.19 Å². The molecule has 126 valence electrons. The van der Waals surface area contributed by atoms with E-state index in [1.165, 1.54) is 11.3 Å². The van der Waals surface area contributed by atoms with Crippen LogP contribution < -0.4 is 10.1 Å². The highest BCUT2D eigenvalue weighted by Gasteiger charge is 2.43. The van der Waals surface area contributed by atoms with Crippen molar-refractivity contribution >= 4 is 17.2 Å². The second-order valence-electron chi connectivity index (χ2n) is 6.17. The van der Waals surface area contributed by atoms with Crippen LogP contribution in [0.3, 0.4) is 0 Å². The second-order valence-corrected chi connectivity index (χ2v) is 7.12. The molecule has 0 spiro atoms. The highest BCUT2D eigenvalue weighted by atomic mass is 32.1. The average Bonchev–Trinajstić information content (AvgIpc) is 3.12. The first kappa shape index (κ1) is 17.0. The number of rotatable bonds is 2. The molecule has 0 saturated heterocycles. The monoisotopic (exact) mass is 352 g/mol. The van der Waals surface area contributed by atoms with E-state index >= 15 is 0 Å². The van der Waals surface area contributed by atoms with Gasteiger partial charge >= 0.3 is 0 Å². The maximum atomic E-state index is 10.8. The molecule has 6 nitrogen and oxygen atoms in total. The van der Waals surface area contributed by atoms with Gasteiger partial charge in [-0.25, -0.2) is 0 Å². The summed E-state index contributed by atoms with van der Waals surface area (Å²) in [5, 5.41) is 34.1. The van der Waals surface area contributed by atoms with Crippen LogP contribution in [0.15, 0.2) is 40.7 Å². The van der Waals surface area contributed by atoms with Gasteiger partial charge in [0.05, 0.1) is 22.6 Å². The summed E-state index contributed by atoms with van der Waals surface area (Å²) in [5.74, 6) is 0.974. The third-order valence-corrected chi connectivity index (χ3v) is 4.96. The summed E-state index contributed by atoms with van der Waals surface area (Å²) in [4.78, 5) is 4.65. The van der Waals surface area contributed by atoms with Gasteiger partial charge in [-0.2, -0.15) is 15.5 Å². The van der Waals surface area contributed by atoms with Crippen molar-refractivity contribution in [1.82, 2.24) is 5.32 Å². The maximum absolute atomic E-state index is 10.8. The van der Waals surface area contributed by atoms with Crippen LogP contribution in [0.1, 0.15) is 35.9 Å². The first-order valence-electron chi connectivity index (χ1n) is 7.64. The Morgan fingerprint density at radius 3 is 2.80 bits per heavy atom. The highest BCUT2D eigenvalue weighted by Crippen LogP contribution is 2.40. The Labute approximate surface area is 149 Å². The molecule has 2 aromatic rings. The normalized spacial score (nSPS) is 21.4. The number of hydrogen-bond acceptors (Lipinski definition) is 6. The number of nitriles is 2. The molecule has 2 atom stereocenters. The van der Waals surface area contributed by atoms with Gasteiger partial charge in [-0.15, -0.1) is 11.3 Å². The molecule has 1 aliphatic heterocycles. The summed E-state index contributed by atoms with van der Waals surface area (Å²) in [6.07, 6.45) is 0.890. The van der Waals surface area contributed by atoms with Crippen LogP contribution in [0.25, 0.3) is 0 Å². The second kappa shape index (κ2) is 6.56. The number of nitrogens with one attached hydrogen (secondary N) is 1. The Kier molecular flexibility index (Phi) is 4.45. The van der Waals surface area contributed by atoms with Gasteiger partial charge in [-0.05, 0) is 43.5 Å². The first-order valence-corrected chi connectivity index (χ1v) is 8.52. The van der Waals surface area contributed by atoms with Crippen molar-refractivity contribution < 1.29 is 9.84 Å². The fourth-order valence-electron chi connectivity index (χ4n) is 2.80. The molecule has 1 aromatic carbocycles. The number of aliphatic hydroxyl groups is 1. The number of aliphatic imine (C=N–C) groups is 1. The number of amidine groups is 1. The van der Waals surface area contributed by atoms with Gasteiger partial charge in [-0.1, -0.05) is 6.07 Å². The van der Waals surface area contributed by atoms with Crippen LogP contribution >= 0.6 is 11.3 Å². The number of hydrogen-bond donors (Lipinski definition) is 2. The summed E-state index contributed by atoms with van der Waals surface area (Å²) in [6, 6.07) is 10.3.